The molecule has 3 heterocycles. The van der Waals surface area contributed by atoms with Crippen molar-refractivity contribution in [2.24, 2.45) is 0 Å². The van der Waals surface area contributed by atoms with E-state index in [1.807, 2.05) is 19.1 Å². The summed E-state index contributed by atoms with van der Waals surface area (Å²) in [7, 11) is 0. The molecule has 124 valence electrons. The number of hydrogen-bond acceptors (Lipinski definition) is 5. The summed E-state index contributed by atoms with van der Waals surface area (Å²) in [6.07, 6.45) is 2.82. The number of carbonyl (C=O) groups is 2. The van der Waals surface area contributed by atoms with Gasteiger partial charge in [0.1, 0.15) is 5.03 Å². The monoisotopic (exact) mass is 335 g/mol. The van der Waals surface area contributed by atoms with Crippen LogP contribution in [-0.4, -0.2) is 59.8 Å². The topological polar surface area (TPSA) is 62.7 Å². The number of anilines is 1. The van der Waals surface area contributed by atoms with E-state index in [1.165, 1.54) is 11.8 Å². The van der Waals surface area contributed by atoms with Gasteiger partial charge < -0.3 is 14.5 Å². The molecular formula is C16H21N3O3S. The van der Waals surface area contributed by atoms with E-state index in [4.69, 9.17) is 4.74 Å². The van der Waals surface area contributed by atoms with E-state index in [1.54, 1.807) is 16.0 Å². The van der Waals surface area contributed by atoms with Crippen molar-refractivity contribution >= 4 is 29.3 Å². The van der Waals surface area contributed by atoms with Crippen LogP contribution in [0.1, 0.15) is 19.8 Å². The molecule has 0 saturated carbocycles. The van der Waals surface area contributed by atoms with Crippen LogP contribution in [0.25, 0.3) is 0 Å². The number of amides is 2. The Morgan fingerprint density at radius 1 is 1.43 bits per heavy atom. The molecule has 1 aromatic heterocycles. The minimum Gasteiger partial charge on any atom is -0.378 e. The van der Waals surface area contributed by atoms with E-state index >= 15 is 0 Å². The molecule has 0 aromatic carbocycles. The summed E-state index contributed by atoms with van der Waals surface area (Å²) in [5, 5.41) is 0.444. The lowest BCUT2D eigenvalue weighted by molar-refractivity contribution is -0.136. The maximum absolute atomic E-state index is 12.8. The van der Waals surface area contributed by atoms with Gasteiger partial charge in [-0.2, -0.15) is 0 Å². The fraction of sp³-hybridized carbons (Fsp3) is 0.562. The number of rotatable bonds is 4. The van der Waals surface area contributed by atoms with Crippen LogP contribution in [0.4, 0.5) is 5.69 Å². The van der Waals surface area contributed by atoms with Crippen molar-refractivity contribution in [3.05, 3.63) is 18.3 Å². The first-order chi connectivity index (χ1) is 11.2. The third-order valence-electron chi connectivity index (χ3n) is 4.01. The van der Waals surface area contributed by atoms with Crippen molar-refractivity contribution < 1.29 is 14.3 Å². The number of pyridine rings is 1. The van der Waals surface area contributed by atoms with Crippen LogP contribution in [0.2, 0.25) is 0 Å². The van der Waals surface area contributed by atoms with Crippen LogP contribution in [0.15, 0.2) is 23.4 Å². The van der Waals surface area contributed by atoms with E-state index in [0.29, 0.717) is 32.8 Å². The zero-order valence-corrected chi connectivity index (χ0v) is 14.1. The number of aromatic nitrogens is 1. The second kappa shape index (κ2) is 7.31. The number of fused-ring (bicyclic) bond motifs is 1. The zero-order valence-electron chi connectivity index (χ0n) is 13.2. The number of ether oxygens (including phenoxy) is 1. The molecule has 0 unspecified atom stereocenters. The first-order valence-electron chi connectivity index (χ1n) is 7.99. The number of morpholine rings is 1. The highest BCUT2D eigenvalue weighted by atomic mass is 32.2. The largest absolute Gasteiger partial charge is 0.378 e. The van der Waals surface area contributed by atoms with Crippen LogP contribution in [-0.2, 0) is 14.3 Å². The smallest absolute Gasteiger partial charge is 0.241 e. The fourth-order valence-corrected chi connectivity index (χ4v) is 3.98. The molecule has 6 nitrogen and oxygen atoms in total. The van der Waals surface area contributed by atoms with Gasteiger partial charge in [0.05, 0.1) is 24.2 Å². The molecule has 3 rings (SSSR count). The van der Waals surface area contributed by atoms with Gasteiger partial charge in [0.2, 0.25) is 11.8 Å². The number of hydrogen-bond donors (Lipinski definition) is 0. The Labute approximate surface area is 140 Å². The SMILES string of the molecule is CCCN1C(=O)[C@H](CC(=O)N2CCOCC2)Sc2ncccc21. The molecule has 0 bridgehead atoms. The summed E-state index contributed by atoms with van der Waals surface area (Å²) in [5.74, 6) is 0.0361. The van der Waals surface area contributed by atoms with Crippen molar-refractivity contribution in [1.82, 2.24) is 9.88 Å². The van der Waals surface area contributed by atoms with E-state index in [9.17, 15) is 9.59 Å². The van der Waals surface area contributed by atoms with Gasteiger partial charge in [-0.15, -0.1) is 0 Å². The van der Waals surface area contributed by atoms with Gasteiger partial charge >= 0.3 is 0 Å². The first-order valence-corrected chi connectivity index (χ1v) is 8.87. The molecule has 7 heteroatoms. The summed E-state index contributed by atoms with van der Waals surface area (Å²) >= 11 is 1.41. The van der Waals surface area contributed by atoms with Gasteiger partial charge in [-0.25, -0.2) is 4.98 Å². The molecule has 2 aliphatic heterocycles. The predicted molar refractivity (Wildman–Crippen MR) is 88.5 cm³/mol. The Morgan fingerprint density at radius 2 is 2.22 bits per heavy atom. The Kier molecular flexibility index (Phi) is 5.17. The van der Waals surface area contributed by atoms with Crippen molar-refractivity contribution in [1.29, 1.82) is 0 Å². The number of thioether (sulfide) groups is 1. The average molecular weight is 335 g/mol. The number of nitrogens with zero attached hydrogens (tertiary/aromatic N) is 3. The summed E-state index contributed by atoms with van der Waals surface area (Å²) < 4.78 is 5.27. The molecule has 1 fully saturated rings. The first kappa shape index (κ1) is 16.3. The molecule has 23 heavy (non-hydrogen) atoms. The maximum Gasteiger partial charge on any atom is 0.241 e. The minimum atomic E-state index is -0.390. The Morgan fingerprint density at radius 3 is 2.96 bits per heavy atom. The molecule has 0 N–H and O–H groups in total. The Hall–Kier alpha value is -1.60. The lowest BCUT2D eigenvalue weighted by Gasteiger charge is -2.34. The fourth-order valence-electron chi connectivity index (χ4n) is 2.84. The van der Waals surface area contributed by atoms with E-state index in [2.05, 4.69) is 4.98 Å². The standard InChI is InChI=1S/C16H21N3O3S/c1-2-6-19-12-4-3-5-17-15(12)23-13(16(19)21)11-14(20)18-7-9-22-10-8-18/h3-5,13H,2,6-11H2,1H3/t13-/m0/s1. The Balaban J connectivity index is 1.75. The second-order valence-electron chi connectivity index (χ2n) is 5.62. The molecule has 0 aliphatic carbocycles. The summed E-state index contributed by atoms with van der Waals surface area (Å²) in [6.45, 7) is 5.06. The van der Waals surface area contributed by atoms with Gasteiger partial charge in [0.25, 0.3) is 0 Å². The molecule has 0 radical (unpaired) electrons. The molecule has 1 aromatic rings. The molecular weight excluding hydrogens is 314 g/mol. The van der Waals surface area contributed by atoms with Gasteiger partial charge in [0.15, 0.2) is 0 Å². The molecule has 1 atom stereocenters. The highest BCUT2D eigenvalue weighted by Gasteiger charge is 2.36. The van der Waals surface area contributed by atoms with E-state index < -0.39 is 0 Å². The van der Waals surface area contributed by atoms with Crippen LogP contribution in [0, 0.1) is 0 Å². The lowest BCUT2D eigenvalue weighted by Crippen LogP contribution is -2.46. The highest BCUT2D eigenvalue weighted by Crippen LogP contribution is 2.38. The molecule has 2 amide bonds. The van der Waals surface area contributed by atoms with Crippen molar-refractivity contribution in [2.75, 3.05) is 37.7 Å². The predicted octanol–water partition coefficient (Wildman–Crippen LogP) is 1.55. The van der Waals surface area contributed by atoms with Gasteiger partial charge in [-0.3, -0.25) is 9.59 Å². The normalized spacial score (nSPS) is 21.3. The zero-order chi connectivity index (χ0) is 16.2. The van der Waals surface area contributed by atoms with Crippen molar-refractivity contribution in [3.63, 3.8) is 0 Å². The molecule has 1 saturated heterocycles. The van der Waals surface area contributed by atoms with Crippen LogP contribution in [0.5, 0.6) is 0 Å². The lowest BCUT2D eigenvalue weighted by atomic mass is 10.2. The minimum absolute atomic E-state index is 0.0129. The van der Waals surface area contributed by atoms with Crippen LogP contribution < -0.4 is 4.90 Å². The highest BCUT2D eigenvalue weighted by molar-refractivity contribution is 8.00. The van der Waals surface area contributed by atoms with Crippen molar-refractivity contribution in [3.8, 4) is 0 Å². The summed E-state index contributed by atoms with van der Waals surface area (Å²) in [5.41, 5.74) is 0.861. The van der Waals surface area contributed by atoms with Crippen LogP contribution >= 0.6 is 11.8 Å². The quantitative estimate of drug-likeness (QED) is 0.835. The maximum atomic E-state index is 12.8. The van der Waals surface area contributed by atoms with E-state index in [-0.39, 0.29) is 23.5 Å². The third kappa shape index (κ3) is 3.50. The van der Waals surface area contributed by atoms with Crippen LogP contribution in [0.3, 0.4) is 0 Å². The van der Waals surface area contributed by atoms with Gasteiger partial charge in [-0.05, 0) is 18.6 Å². The summed E-state index contributed by atoms with van der Waals surface area (Å²) in [6, 6.07) is 3.76. The van der Waals surface area contributed by atoms with Crippen molar-refractivity contribution in [2.45, 2.75) is 30.0 Å². The van der Waals surface area contributed by atoms with Gasteiger partial charge in [0, 0.05) is 32.3 Å². The third-order valence-corrected chi connectivity index (χ3v) is 5.20. The van der Waals surface area contributed by atoms with E-state index in [0.717, 1.165) is 17.1 Å². The molecule has 2 aliphatic rings. The summed E-state index contributed by atoms with van der Waals surface area (Å²) in [4.78, 5) is 33.2. The number of carbonyl (C=O) groups excluding carboxylic acids is 2. The average Bonchev–Trinajstić information content (AvgIpc) is 2.59. The second-order valence-corrected chi connectivity index (χ2v) is 6.81. The van der Waals surface area contributed by atoms with Gasteiger partial charge in [-0.1, -0.05) is 18.7 Å². The Bertz CT molecular complexity index is 590. The molecule has 0 spiro atoms.